The van der Waals surface area contributed by atoms with Crippen LogP contribution in [0.4, 0.5) is 0 Å². The summed E-state index contributed by atoms with van der Waals surface area (Å²) in [6, 6.07) is 0. The second-order valence-electron chi connectivity index (χ2n) is 9.57. The Balaban J connectivity index is 4.40. The van der Waals surface area contributed by atoms with Crippen LogP contribution in [-0.4, -0.2) is 111 Å². The molecule has 0 saturated carbocycles. The normalized spacial score (nSPS) is 13.9. The molecule has 2 atom stereocenters. The Morgan fingerprint density at radius 3 is 1.20 bits per heavy atom. The van der Waals surface area contributed by atoms with Gasteiger partial charge in [-0.25, -0.2) is 0 Å². The van der Waals surface area contributed by atoms with E-state index in [2.05, 4.69) is 0 Å². The van der Waals surface area contributed by atoms with Gasteiger partial charge in [0.25, 0.3) is 0 Å². The molecule has 0 aliphatic carbocycles. The molecular weight excluding hydrogens is 396 g/mol. The number of ether oxygens (including phenoxy) is 2. The molecule has 0 aromatic rings. The van der Waals surface area contributed by atoms with Crippen LogP contribution in [0.25, 0.3) is 0 Å². The number of likely N-dealkylation sites (N-methyl/N-ethyl adjacent to an activating group) is 2. The Morgan fingerprint density at radius 2 is 0.967 bits per heavy atom. The molecule has 2 unspecified atom stereocenters. The fourth-order valence-electron chi connectivity index (χ4n) is 2.93. The van der Waals surface area contributed by atoms with Crippen LogP contribution in [0.1, 0.15) is 38.5 Å². The zero-order valence-corrected chi connectivity index (χ0v) is 19.0. The van der Waals surface area contributed by atoms with Crippen molar-refractivity contribution in [2.45, 2.75) is 50.7 Å². The Kier molecular flexibility index (Phi) is 11.6. The van der Waals surface area contributed by atoms with Gasteiger partial charge in [-0.05, 0) is 12.8 Å². The van der Waals surface area contributed by atoms with Crippen LogP contribution in [0.5, 0.6) is 0 Å². The lowest BCUT2D eigenvalue weighted by molar-refractivity contribution is -0.873. The van der Waals surface area contributed by atoms with E-state index in [0.29, 0.717) is 34.9 Å². The second-order valence-corrected chi connectivity index (χ2v) is 9.57. The molecule has 0 spiro atoms. The van der Waals surface area contributed by atoms with Gasteiger partial charge in [0.2, 0.25) is 0 Å². The van der Waals surface area contributed by atoms with Gasteiger partial charge in [-0.2, -0.15) is 0 Å². The molecule has 10 heteroatoms. The van der Waals surface area contributed by atoms with Crippen molar-refractivity contribution in [3.8, 4) is 0 Å². The Hall–Kier alpha value is -2.20. The average Bonchev–Trinajstić information content (AvgIpc) is 2.46. The molecule has 0 aliphatic rings. The summed E-state index contributed by atoms with van der Waals surface area (Å²) in [5, 5.41) is 18.0. The highest BCUT2D eigenvalue weighted by Crippen LogP contribution is 2.11. The van der Waals surface area contributed by atoms with E-state index in [-0.39, 0.29) is 25.7 Å². The lowest BCUT2D eigenvalue weighted by atomic mass is 10.2. The minimum Gasteiger partial charge on any atom is -0.481 e. The van der Waals surface area contributed by atoms with Gasteiger partial charge in [0.1, 0.15) is 13.1 Å². The van der Waals surface area contributed by atoms with Crippen LogP contribution in [0.2, 0.25) is 0 Å². The summed E-state index contributed by atoms with van der Waals surface area (Å²) < 4.78 is 11.5. The standard InChI is InChI=1S/C20H36N2O8/c1-21(2,3)13-15(11-17(23)24)29-19(27)9-7-8-10-20(28)30-16(12-18(25)26)14-22(4,5)6/h15-16H,7-14H2,1-6H3/p+2. The predicted octanol–water partition coefficient (Wildman–Crippen LogP) is 0.732. The van der Waals surface area contributed by atoms with Crippen molar-refractivity contribution in [1.82, 2.24) is 0 Å². The summed E-state index contributed by atoms with van der Waals surface area (Å²) in [4.78, 5) is 46.0. The van der Waals surface area contributed by atoms with Crippen LogP contribution in [0, 0.1) is 0 Å². The molecule has 0 saturated heterocycles. The van der Waals surface area contributed by atoms with E-state index >= 15 is 0 Å². The number of carbonyl (C=O) groups excluding carboxylic acids is 2. The van der Waals surface area contributed by atoms with Gasteiger partial charge in [0.05, 0.1) is 55.1 Å². The van der Waals surface area contributed by atoms with Gasteiger partial charge in [-0.3, -0.25) is 19.2 Å². The van der Waals surface area contributed by atoms with Gasteiger partial charge in [0.15, 0.2) is 12.2 Å². The molecule has 0 aliphatic heterocycles. The average molecular weight is 435 g/mol. The van der Waals surface area contributed by atoms with Gasteiger partial charge < -0.3 is 28.7 Å². The first-order valence-electron chi connectivity index (χ1n) is 10.0. The first kappa shape index (κ1) is 27.8. The fourth-order valence-corrected chi connectivity index (χ4v) is 2.93. The zero-order valence-electron chi connectivity index (χ0n) is 19.0. The molecular formula is C20H38N2O8+2. The summed E-state index contributed by atoms with van der Waals surface area (Å²) in [5.41, 5.74) is 0. The number of hydrogen-bond acceptors (Lipinski definition) is 6. The summed E-state index contributed by atoms with van der Waals surface area (Å²) in [6.45, 7) is 0.753. The number of aliphatic carboxylic acids is 2. The molecule has 0 amide bonds. The van der Waals surface area contributed by atoms with Crippen molar-refractivity contribution in [2.75, 3.05) is 55.4 Å². The number of carbonyl (C=O) groups is 4. The van der Waals surface area contributed by atoms with E-state index in [0.717, 1.165) is 0 Å². The number of quaternary nitrogens is 2. The molecule has 0 radical (unpaired) electrons. The monoisotopic (exact) mass is 434 g/mol. The first-order valence-corrected chi connectivity index (χ1v) is 10.0. The number of rotatable bonds is 15. The third-order valence-electron chi connectivity index (χ3n) is 3.92. The summed E-state index contributed by atoms with van der Waals surface area (Å²) in [5.74, 6) is -3.07. The van der Waals surface area contributed by atoms with E-state index in [1.165, 1.54) is 0 Å². The minimum absolute atomic E-state index is 0.0674. The number of carboxylic acids is 2. The van der Waals surface area contributed by atoms with Gasteiger partial charge >= 0.3 is 23.9 Å². The predicted molar refractivity (Wildman–Crippen MR) is 109 cm³/mol. The fraction of sp³-hybridized carbons (Fsp3) is 0.800. The van der Waals surface area contributed by atoms with Crippen molar-refractivity contribution in [3.05, 3.63) is 0 Å². The molecule has 0 rings (SSSR count). The smallest absolute Gasteiger partial charge is 0.307 e. The van der Waals surface area contributed by atoms with Crippen LogP contribution in [0.3, 0.4) is 0 Å². The van der Waals surface area contributed by atoms with Crippen LogP contribution in [0.15, 0.2) is 0 Å². The second kappa shape index (κ2) is 12.5. The maximum Gasteiger partial charge on any atom is 0.307 e. The Morgan fingerprint density at radius 1 is 0.667 bits per heavy atom. The maximum atomic E-state index is 12.0. The van der Waals surface area contributed by atoms with E-state index in [9.17, 15) is 19.2 Å². The van der Waals surface area contributed by atoms with Crippen LogP contribution >= 0.6 is 0 Å². The van der Waals surface area contributed by atoms with E-state index in [1.807, 2.05) is 42.3 Å². The van der Waals surface area contributed by atoms with E-state index < -0.39 is 36.1 Å². The maximum absolute atomic E-state index is 12.0. The molecule has 0 aromatic carbocycles. The van der Waals surface area contributed by atoms with Crippen molar-refractivity contribution in [3.63, 3.8) is 0 Å². The number of hydrogen-bond donors (Lipinski definition) is 2. The van der Waals surface area contributed by atoms with Gasteiger partial charge in [-0.1, -0.05) is 0 Å². The molecule has 0 aromatic heterocycles. The van der Waals surface area contributed by atoms with Crippen LogP contribution in [-0.2, 0) is 28.7 Å². The zero-order chi connectivity index (χ0) is 23.5. The van der Waals surface area contributed by atoms with Crippen molar-refractivity contribution >= 4 is 23.9 Å². The molecule has 2 N–H and O–H groups in total. The SMILES string of the molecule is C[N+](C)(C)CC(CC(=O)O)OC(=O)CCCCC(=O)OC(CC(=O)O)C[N+](C)(C)C. The van der Waals surface area contributed by atoms with Crippen LogP contribution < -0.4 is 0 Å². The minimum atomic E-state index is -1.03. The van der Waals surface area contributed by atoms with Crippen molar-refractivity contribution in [1.29, 1.82) is 0 Å². The lowest BCUT2D eigenvalue weighted by Crippen LogP contribution is -2.44. The quantitative estimate of drug-likeness (QED) is 0.219. The molecule has 174 valence electrons. The summed E-state index contributed by atoms with van der Waals surface area (Å²) >= 11 is 0. The summed E-state index contributed by atoms with van der Waals surface area (Å²) in [6.07, 6.45) is -1.04. The first-order chi connectivity index (χ1) is 13.6. The third kappa shape index (κ3) is 16.7. The largest absolute Gasteiger partial charge is 0.481 e. The summed E-state index contributed by atoms with van der Waals surface area (Å²) in [7, 11) is 11.3. The number of nitrogens with zero attached hydrogens (tertiary/aromatic N) is 2. The molecule has 30 heavy (non-hydrogen) atoms. The topological polar surface area (TPSA) is 127 Å². The lowest BCUT2D eigenvalue weighted by Gasteiger charge is -2.28. The van der Waals surface area contributed by atoms with Gasteiger partial charge in [-0.15, -0.1) is 0 Å². The Labute approximate surface area is 178 Å². The number of carboxylic acid groups (broad SMARTS) is 2. The van der Waals surface area contributed by atoms with E-state index in [4.69, 9.17) is 19.7 Å². The van der Waals surface area contributed by atoms with E-state index in [1.54, 1.807) is 0 Å². The van der Waals surface area contributed by atoms with Crippen molar-refractivity contribution < 1.29 is 47.8 Å². The molecule has 0 bridgehead atoms. The Bertz CT molecular complexity index is 541. The number of esters is 2. The third-order valence-corrected chi connectivity index (χ3v) is 3.92. The molecule has 0 fully saturated rings. The van der Waals surface area contributed by atoms with Gasteiger partial charge in [0, 0.05) is 12.8 Å². The van der Waals surface area contributed by atoms with Crippen molar-refractivity contribution in [2.24, 2.45) is 0 Å². The number of unbranched alkanes of at least 4 members (excludes halogenated alkanes) is 1. The highest BCUT2D eigenvalue weighted by Gasteiger charge is 2.26. The highest BCUT2D eigenvalue weighted by molar-refractivity contribution is 5.72. The molecule has 10 nitrogen and oxygen atoms in total. The highest BCUT2D eigenvalue weighted by atomic mass is 16.5. The molecule has 0 heterocycles.